The summed E-state index contributed by atoms with van der Waals surface area (Å²) in [6, 6.07) is 8.45. The van der Waals surface area contributed by atoms with Crippen LogP contribution in [0.4, 0.5) is 0 Å². The molecule has 2 aliphatic carbocycles. The Bertz CT molecular complexity index is 1530. The summed E-state index contributed by atoms with van der Waals surface area (Å²) in [5.74, 6) is 3.70. The number of aliphatic carboxylic acids is 1. The van der Waals surface area contributed by atoms with Crippen molar-refractivity contribution in [3.8, 4) is 11.5 Å². The summed E-state index contributed by atoms with van der Waals surface area (Å²) >= 11 is 0. The van der Waals surface area contributed by atoms with Crippen molar-refractivity contribution in [2.45, 2.75) is 157 Å². The Kier molecular flexibility index (Phi) is 20.3. The summed E-state index contributed by atoms with van der Waals surface area (Å²) in [5, 5.41) is 12.4. The minimum absolute atomic E-state index is 0.231. The van der Waals surface area contributed by atoms with Crippen molar-refractivity contribution >= 4 is 11.9 Å². The number of hydrogen-bond donors (Lipinski definition) is 2. The first-order valence-corrected chi connectivity index (χ1v) is 23.3. The van der Waals surface area contributed by atoms with Gasteiger partial charge in [0.15, 0.2) is 0 Å². The first-order valence-electron chi connectivity index (χ1n) is 23.3. The molecule has 0 bridgehead atoms. The van der Waals surface area contributed by atoms with Crippen molar-refractivity contribution in [2.24, 2.45) is 34.5 Å². The monoisotopic (exact) mass is 833 g/mol. The smallest absolute Gasteiger partial charge is 0.330 e. The van der Waals surface area contributed by atoms with Crippen LogP contribution in [0.1, 0.15) is 143 Å². The fourth-order valence-electron chi connectivity index (χ4n) is 9.35. The first-order chi connectivity index (χ1) is 28.6. The molecule has 2 N–H and O–H groups in total. The number of carbonyl (C=O) groups is 2. The van der Waals surface area contributed by atoms with Crippen LogP contribution in [0.5, 0.6) is 11.5 Å². The number of piperidine rings is 2. The fourth-order valence-corrected chi connectivity index (χ4v) is 9.35. The number of nitrogens with one attached hydrogen (secondary N) is 1. The highest BCUT2D eigenvalue weighted by Gasteiger charge is 2.32. The SMILES string of the molecule is C=CC(=O)OCC.CC(C)(C)C1CCC(Oc2ccc(CC3CCCN(CCC(=O)O)C3)nc2)CC1.CC(C)(C)C1CCC(Oc2ccc(CC3CCCNC3)nc2)CC1. The quantitative estimate of drug-likeness (QED) is 0.149. The standard InChI is InChI=1S/C24H38N2O3.C21H34N2O.C5H8O2/c1-24(2,3)19-6-9-21(10-7-19)29-22-11-8-20(25-16-22)15-18-5-4-13-26(17-18)14-12-23(27)28;1-21(2,3)17-6-9-19(10-7-17)24-20-11-8-18(23-15-20)13-16-5-4-12-22-14-16;1-3-5(6)7-4-2/h8,11,16,18-19,21H,4-7,9-10,12-15,17H2,1-3H3,(H,27,28);8,11,15-17,19,22H,4-7,9-10,12-14H2,1-3H3;3H,1,4H2,2H3. The van der Waals surface area contributed by atoms with E-state index in [1.54, 1.807) is 6.92 Å². The third-order valence-corrected chi connectivity index (χ3v) is 13.1. The number of likely N-dealkylation sites (tertiary alicyclic amines) is 1. The van der Waals surface area contributed by atoms with Crippen molar-refractivity contribution in [1.29, 1.82) is 0 Å². The molecule has 0 spiro atoms. The molecule has 4 fully saturated rings. The van der Waals surface area contributed by atoms with Crippen molar-refractivity contribution in [2.75, 3.05) is 39.3 Å². The number of ether oxygens (including phenoxy) is 3. The highest BCUT2D eigenvalue weighted by molar-refractivity contribution is 5.81. The van der Waals surface area contributed by atoms with Crippen LogP contribution in [-0.4, -0.2) is 83.5 Å². The van der Waals surface area contributed by atoms with Crippen molar-refractivity contribution in [3.63, 3.8) is 0 Å². The molecule has 2 saturated carbocycles. The molecule has 2 aliphatic heterocycles. The van der Waals surface area contributed by atoms with E-state index in [9.17, 15) is 9.59 Å². The molecule has 2 aromatic rings. The predicted molar refractivity (Wildman–Crippen MR) is 241 cm³/mol. The summed E-state index contributed by atoms with van der Waals surface area (Å²) in [4.78, 5) is 32.5. The van der Waals surface area contributed by atoms with E-state index < -0.39 is 5.97 Å². The van der Waals surface area contributed by atoms with Gasteiger partial charge in [-0.3, -0.25) is 14.8 Å². The summed E-state index contributed by atoms with van der Waals surface area (Å²) in [7, 11) is 0. The third-order valence-electron chi connectivity index (χ3n) is 13.1. The topological polar surface area (TPSA) is 123 Å². The Balaban J connectivity index is 0.000000231. The average Bonchev–Trinajstić information content (AvgIpc) is 3.22. The van der Waals surface area contributed by atoms with E-state index in [0.29, 0.717) is 42.1 Å². The van der Waals surface area contributed by atoms with Crippen molar-refractivity contribution in [1.82, 2.24) is 20.2 Å². The molecule has 6 rings (SSSR count). The molecule has 0 aromatic carbocycles. The van der Waals surface area contributed by atoms with Crippen molar-refractivity contribution in [3.05, 3.63) is 60.7 Å². The molecule has 2 unspecified atom stereocenters. The minimum atomic E-state index is -0.712. The fraction of sp³-hybridized carbons (Fsp3) is 0.720. The lowest BCUT2D eigenvalue weighted by Gasteiger charge is -2.36. The van der Waals surface area contributed by atoms with Crippen LogP contribution in [0.25, 0.3) is 0 Å². The molecule has 60 heavy (non-hydrogen) atoms. The number of carbonyl (C=O) groups excluding carboxylic acids is 1. The number of aromatic nitrogens is 2. The molecule has 10 heteroatoms. The highest BCUT2D eigenvalue weighted by atomic mass is 16.5. The molecule has 2 aromatic heterocycles. The Morgan fingerprint density at radius 3 is 1.70 bits per heavy atom. The maximum atomic E-state index is 10.8. The lowest BCUT2D eigenvalue weighted by Crippen LogP contribution is -2.37. The Hall–Kier alpha value is -3.50. The molecule has 4 heterocycles. The zero-order valence-electron chi connectivity index (χ0n) is 38.4. The Morgan fingerprint density at radius 1 is 0.783 bits per heavy atom. The number of rotatable bonds is 13. The van der Waals surface area contributed by atoms with Crippen LogP contribution < -0.4 is 14.8 Å². The van der Waals surface area contributed by atoms with E-state index in [1.165, 1.54) is 70.0 Å². The van der Waals surface area contributed by atoms with Gasteiger partial charge >= 0.3 is 11.9 Å². The second-order valence-electron chi connectivity index (χ2n) is 19.9. The van der Waals surface area contributed by atoms with Gasteiger partial charge in [-0.1, -0.05) is 48.1 Å². The number of nitrogens with zero attached hydrogens (tertiary/aromatic N) is 3. The normalized spacial score (nSPS) is 25.0. The zero-order chi connectivity index (χ0) is 43.5. The molecule has 2 atom stereocenters. The van der Waals surface area contributed by atoms with Gasteiger partial charge in [0.25, 0.3) is 0 Å². The maximum Gasteiger partial charge on any atom is 0.330 e. The zero-order valence-corrected chi connectivity index (χ0v) is 38.4. The summed E-state index contributed by atoms with van der Waals surface area (Å²) < 4.78 is 16.8. The number of pyridine rings is 2. The van der Waals surface area contributed by atoms with Crippen LogP contribution >= 0.6 is 0 Å². The second kappa shape index (κ2) is 24.8. The lowest BCUT2D eigenvalue weighted by molar-refractivity contribution is -0.138. The maximum absolute atomic E-state index is 10.8. The van der Waals surface area contributed by atoms with E-state index in [1.807, 2.05) is 12.4 Å². The molecular weight excluding hydrogens is 753 g/mol. The highest BCUT2D eigenvalue weighted by Crippen LogP contribution is 2.40. The third kappa shape index (κ3) is 18.2. The Morgan fingerprint density at radius 2 is 1.30 bits per heavy atom. The largest absolute Gasteiger partial charge is 0.489 e. The first kappa shape index (κ1) is 49.2. The van der Waals surface area contributed by atoms with Gasteiger partial charge in [0.1, 0.15) is 11.5 Å². The van der Waals surface area contributed by atoms with E-state index in [0.717, 1.165) is 92.8 Å². The van der Waals surface area contributed by atoms with Gasteiger partial charge in [-0.2, -0.15) is 0 Å². The molecule has 0 amide bonds. The molecule has 336 valence electrons. The molecule has 4 aliphatic rings. The van der Waals surface area contributed by atoms with Gasteiger partial charge in [-0.05, 0) is 175 Å². The minimum Gasteiger partial charge on any atom is -0.489 e. The van der Waals surface area contributed by atoms with Gasteiger partial charge < -0.3 is 29.5 Å². The number of carboxylic acid groups (broad SMARTS) is 1. The van der Waals surface area contributed by atoms with Gasteiger partial charge in [0, 0.05) is 30.6 Å². The number of hydrogen-bond acceptors (Lipinski definition) is 9. The second-order valence-corrected chi connectivity index (χ2v) is 19.9. The number of esters is 1. The van der Waals surface area contributed by atoms with Gasteiger partial charge in [0.2, 0.25) is 0 Å². The molecule has 10 nitrogen and oxygen atoms in total. The van der Waals surface area contributed by atoms with E-state index >= 15 is 0 Å². The molecule has 2 saturated heterocycles. The average molecular weight is 833 g/mol. The van der Waals surface area contributed by atoms with Gasteiger partial charge in [-0.25, -0.2) is 4.79 Å². The van der Waals surface area contributed by atoms with Crippen LogP contribution in [0.2, 0.25) is 0 Å². The summed E-state index contributed by atoms with van der Waals surface area (Å²) in [6.45, 7) is 24.5. The molecular formula is C50H80N4O6. The summed E-state index contributed by atoms with van der Waals surface area (Å²) in [5.41, 5.74) is 3.14. The van der Waals surface area contributed by atoms with E-state index in [-0.39, 0.29) is 12.4 Å². The van der Waals surface area contributed by atoms with E-state index in [2.05, 4.69) is 97.3 Å². The van der Waals surface area contributed by atoms with Crippen molar-refractivity contribution < 1.29 is 28.9 Å². The van der Waals surface area contributed by atoms with Gasteiger partial charge in [-0.15, -0.1) is 0 Å². The van der Waals surface area contributed by atoms with Crippen LogP contribution in [0.15, 0.2) is 49.3 Å². The summed E-state index contributed by atoms with van der Waals surface area (Å²) in [6.07, 6.45) is 22.6. The van der Waals surface area contributed by atoms with Gasteiger partial charge in [0.05, 0.1) is 37.6 Å². The lowest BCUT2D eigenvalue weighted by atomic mass is 9.72. The van der Waals surface area contributed by atoms with E-state index in [4.69, 9.17) is 14.6 Å². The Labute approximate surface area is 363 Å². The van der Waals surface area contributed by atoms with Crippen LogP contribution in [0, 0.1) is 34.5 Å². The van der Waals surface area contributed by atoms with Crippen LogP contribution in [0.3, 0.4) is 0 Å². The molecule has 0 radical (unpaired) electrons. The number of carboxylic acids is 1. The van der Waals surface area contributed by atoms with Crippen LogP contribution in [-0.2, 0) is 27.2 Å². The predicted octanol–water partition coefficient (Wildman–Crippen LogP) is 10.1.